The second kappa shape index (κ2) is 5.79. The fourth-order valence-corrected chi connectivity index (χ4v) is 4.31. The van der Waals surface area contributed by atoms with Crippen molar-refractivity contribution in [2.45, 2.75) is 36.6 Å². The van der Waals surface area contributed by atoms with Gasteiger partial charge in [-0.3, -0.25) is 4.72 Å². The first-order valence-corrected chi connectivity index (χ1v) is 9.29. The average Bonchev–Trinajstić information content (AvgIpc) is 3.12. The first kappa shape index (κ1) is 14.6. The highest BCUT2D eigenvalue weighted by Crippen LogP contribution is 2.25. The number of rotatable bonds is 6. The van der Waals surface area contributed by atoms with Crippen LogP contribution in [-0.4, -0.2) is 14.5 Å². The van der Waals surface area contributed by atoms with Crippen molar-refractivity contribution in [1.82, 2.24) is 5.32 Å². The molecule has 0 aliphatic heterocycles. The SMILES string of the molecule is Cc1cccc(NS(=O)(=O)c2cc(CNC3CC3)cs2)c1. The lowest BCUT2D eigenvalue weighted by atomic mass is 10.2. The van der Waals surface area contributed by atoms with Gasteiger partial charge in [0.1, 0.15) is 4.21 Å². The van der Waals surface area contributed by atoms with Crippen molar-refractivity contribution in [3.05, 3.63) is 46.8 Å². The summed E-state index contributed by atoms with van der Waals surface area (Å²) in [5.41, 5.74) is 2.65. The second-order valence-electron chi connectivity index (χ2n) is 5.40. The van der Waals surface area contributed by atoms with Gasteiger partial charge in [-0.05, 0) is 54.5 Å². The van der Waals surface area contributed by atoms with Gasteiger partial charge in [0.2, 0.25) is 0 Å². The van der Waals surface area contributed by atoms with E-state index in [1.807, 2.05) is 30.5 Å². The molecule has 1 aromatic heterocycles. The third-order valence-corrected chi connectivity index (χ3v) is 6.21. The minimum Gasteiger partial charge on any atom is -0.310 e. The second-order valence-corrected chi connectivity index (χ2v) is 8.22. The van der Waals surface area contributed by atoms with Crippen molar-refractivity contribution in [1.29, 1.82) is 0 Å². The third kappa shape index (κ3) is 3.84. The van der Waals surface area contributed by atoms with E-state index in [0.717, 1.165) is 17.7 Å². The molecule has 4 nitrogen and oxygen atoms in total. The molecule has 1 fully saturated rings. The minimum atomic E-state index is -3.49. The Hall–Kier alpha value is -1.37. The van der Waals surface area contributed by atoms with Gasteiger partial charge in [0, 0.05) is 18.3 Å². The molecule has 1 aromatic carbocycles. The van der Waals surface area contributed by atoms with Gasteiger partial charge in [0.05, 0.1) is 0 Å². The van der Waals surface area contributed by atoms with Gasteiger partial charge >= 0.3 is 0 Å². The standard InChI is InChI=1S/C15H18N2O2S2/c1-11-3-2-4-14(7-11)17-21(18,19)15-8-12(10-20-15)9-16-13-5-6-13/h2-4,7-8,10,13,16-17H,5-6,9H2,1H3. The predicted molar refractivity (Wildman–Crippen MR) is 86.2 cm³/mol. The van der Waals surface area contributed by atoms with Gasteiger partial charge in [-0.1, -0.05) is 12.1 Å². The van der Waals surface area contributed by atoms with Crippen LogP contribution in [0.2, 0.25) is 0 Å². The van der Waals surface area contributed by atoms with Crippen LogP contribution in [0.4, 0.5) is 5.69 Å². The molecule has 2 N–H and O–H groups in total. The maximum Gasteiger partial charge on any atom is 0.271 e. The number of thiophene rings is 1. The lowest BCUT2D eigenvalue weighted by Crippen LogP contribution is -2.15. The van der Waals surface area contributed by atoms with Gasteiger partial charge in [-0.15, -0.1) is 11.3 Å². The summed E-state index contributed by atoms with van der Waals surface area (Å²) in [7, 11) is -3.49. The summed E-state index contributed by atoms with van der Waals surface area (Å²) >= 11 is 1.26. The molecule has 0 bridgehead atoms. The molecule has 1 heterocycles. The van der Waals surface area contributed by atoms with Crippen LogP contribution in [0.1, 0.15) is 24.0 Å². The fourth-order valence-electron chi connectivity index (χ4n) is 2.05. The van der Waals surface area contributed by atoms with E-state index in [4.69, 9.17) is 0 Å². The molecule has 1 saturated carbocycles. The quantitative estimate of drug-likeness (QED) is 0.859. The van der Waals surface area contributed by atoms with Crippen molar-refractivity contribution in [3.8, 4) is 0 Å². The third-order valence-electron chi connectivity index (χ3n) is 3.34. The molecule has 1 aliphatic rings. The molecule has 6 heteroatoms. The summed E-state index contributed by atoms with van der Waals surface area (Å²) in [4.78, 5) is 0. The van der Waals surface area contributed by atoms with Crippen LogP contribution >= 0.6 is 11.3 Å². The average molecular weight is 322 g/mol. The van der Waals surface area contributed by atoms with E-state index in [1.165, 1.54) is 24.2 Å². The van der Waals surface area contributed by atoms with Gasteiger partial charge < -0.3 is 5.32 Å². The lowest BCUT2D eigenvalue weighted by molar-refractivity contribution is 0.603. The van der Waals surface area contributed by atoms with Crippen molar-refractivity contribution in [2.75, 3.05) is 4.72 Å². The van der Waals surface area contributed by atoms with Crippen LogP contribution in [0, 0.1) is 6.92 Å². The van der Waals surface area contributed by atoms with Gasteiger partial charge in [-0.25, -0.2) is 8.42 Å². The van der Waals surface area contributed by atoms with E-state index >= 15 is 0 Å². The monoisotopic (exact) mass is 322 g/mol. The summed E-state index contributed by atoms with van der Waals surface area (Å²) < 4.78 is 27.7. The topological polar surface area (TPSA) is 58.2 Å². The molecule has 0 saturated heterocycles. The Morgan fingerprint density at radius 2 is 2.10 bits per heavy atom. The number of anilines is 1. The number of benzene rings is 1. The highest BCUT2D eigenvalue weighted by Gasteiger charge is 2.21. The van der Waals surface area contributed by atoms with Gasteiger partial charge in [0.25, 0.3) is 10.0 Å². The Morgan fingerprint density at radius 1 is 1.29 bits per heavy atom. The molecular weight excluding hydrogens is 304 g/mol. The van der Waals surface area contributed by atoms with Crippen molar-refractivity contribution in [3.63, 3.8) is 0 Å². The predicted octanol–water partition coefficient (Wildman–Crippen LogP) is 3.11. The van der Waals surface area contributed by atoms with E-state index < -0.39 is 10.0 Å². The molecular formula is C15H18N2O2S2. The summed E-state index contributed by atoms with van der Waals surface area (Å²) in [5.74, 6) is 0. The van der Waals surface area contributed by atoms with E-state index in [0.29, 0.717) is 15.9 Å². The maximum absolute atomic E-state index is 12.4. The first-order valence-electron chi connectivity index (χ1n) is 6.93. The number of sulfonamides is 1. The first-order chi connectivity index (χ1) is 10.0. The fraction of sp³-hybridized carbons (Fsp3) is 0.333. The summed E-state index contributed by atoms with van der Waals surface area (Å²) in [6.07, 6.45) is 2.45. The highest BCUT2D eigenvalue weighted by atomic mass is 32.2. The molecule has 0 radical (unpaired) electrons. The van der Waals surface area contributed by atoms with Crippen LogP contribution in [0.3, 0.4) is 0 Å². The Balaban J connectivity index is 1.71. The van der Waals surface area contributed by atoms with E-state index in [9.17, 15) is 8.42 Å². The summed E-state index contributed by atoms with van der Waals surface area (Å²) in [6, 6.07) is 9.72. The number of hydrogen-bond acceptors (Lipinski definition) is 4. The van der Waals surface area contributed by atoms with E-state index in [2.05, 4.69) is 10.0 Å². The summed E-state index contributed by atoms with van der Waals surface area (Å²) in [6.45, 7) is 2.67. The van der Waals surface area contributed by atoms with Gasteiger partial charge in [-0.2, -0.15) is 0 Å². The zero-order valence-corrected chi connectivity index (χ0v) is 13.4. The number of hydrogen-bond donors (Lipinski definition) is 2. The van der Waals surface area contributed by atoms with Gasteiger partial charge in [0.15, 0.2) is 0 Å². The highest BCUT2D eigenvalue weighted by molar-refractivity contribution is 7.94. The lowest BCUT2D eigenvalue weighted by Gasteiger charge is -2.06. The Labute approximate surface area is 129 Å². The van der Waals surface area contributed by atoms with E-state index in [-0.39, 0.29) is 0 Å². The van der Waals surface area contributed by atoms with Crippen LogP contribution in [0.15, 0.2) is 39.9 Å². The molecule has 21 heavy (non-hydrogen) atoms. The molecule has 0 atom stereocenters. The molecule has 112 valence electrons. The van der Waals surface area contributed by atoms with Crippen LogP contribution < -0.4 is 10.0 Å². The van der Waals surface area contributed by atoms with Crippen LogP contribution in [0.5, 0.6) is 0 Å². The normalized spacial score (nSPS) is 15.1. The molecule has 0 unspecified atom stereocenters. The van der Waals surface area contributed by atoms with E-state index in [1.54, 1.807) is 12.1 Å². The molecule has 1 aliphatic carbocycles. The molecule has 3 rings (SSSR count). The zero-order chi connectivity index (χ0) is 14.9. The Morgan fingerprint density at radius 3 is 2.81 bits per heavy atom. The maximum atomic E-state index is 12.4. The number of nitrogens with one attached hydrogen (secondary N) is 2. The van der Waals surface area contributed by atoms with Crippen LogP contribution in [0.25, 0.3) is 0 Å². The Kier molecular flexibility index (Phi) is 4.01. The van der Waals surface area contributed by atoms with Crippen molar-refractivity contribution in [2.24, 2.45) is 0 Å². The van der Waals surface area contributed by atoms with Crippen molar-refractivity contribution >= 4 is 27.0 Å². The summed E-state index contributed by atoms with van der Waals surface area (Å²) in [5, 5.41) is 5.29. The minimum absolute atomic E-state index is 0.358. The molecule has 0 spiro atoms. The van der Waals surface area contributed by atoms with Crippen molar-refractivity contribution < 1.29 is 8.42 Å². The smallest absolute Gasteiger partial charge is 0.271 e. The van der Waals surface area contributed by atoms with Crippen LogP contribution in [-0.2, 0) is 16.6 Å². The Bertz CT molecular complexity index is 734. The largest absolute Gasteiger partial charge is 0.310 e. The molecule has 0 amide bonds. The number of aryl methyl sites for hydroxylation is 1. The molecule has 2 aromatic rings. The zero-order valence-electron chi connectivity index (χ0n) is 11.8.